The summed E-state index contributed by atoms with van der Waals surface area (Å²) in [7, 11) is 0. The third kappa shape index (κ3) is 4.44. The maximum atomic E-state index is 12.2. The van der Waals surface area contributed by atoms with E-state index in [1.54, 1.807) is 18.2 Å². The minimum Gasteiger partial charge on any atom is -0.326 e. The zero-order chi connectivity index (χ0) is 19.3. The van der Waals surface area contributed by atoms with Crippen LogP contribution < -0.4 is 10.6 Å². The summed E-state index contributed by atoms with van der Waals surface area (Å²) >= 11 is 0. The average molecular weight is 360 g/mol. The lowest BCUT2D eigenvalue weighted by molar-refractivity contribution is -0.143. The van der Waals surface area contributed by atoms with E-state index in [1.165, 1.54) is 13.0 Å². The molecule has 0 saturated carbocycles. The molecule has 0 aromatic heterocycles. The summed E-state index contributed by atoms with van der Waals surface area (Å²) in [5.41, 5.74) is 0.874. The van der Waals surface area contributed by atoms with Crippen molar-refractivity contribution in [3.05, 3.63) is 24.3 Å². The smallest absolute Gasteiger partial charge is 0.326 e. The van der Waals surface area contributed by atoms with Crippen molar-refractivity contribution in [3.63, 3.8) is 0 Å². The molecule has 1 aliphatic heterocycles. The summed E-state index contributed by atoms with van der Waals surface area (Å²) in [5, 5.41) is 5.11. The molecule has 9 heteroatoms. The lowest BCUT2D eigenvalue weighted by atomic mass is 10.2. The fourth-order valence-corrected chi connectivity index (χ4v) is 2.43. The molecule has 2 rings (SSSR count). The summed E-state index contributed by atoms with van der Waals surface area (Å²) in [6, 6.07) is 5.62. The molecule has 2 N–H and O–H groups in total. The number of nitrogens with zero attached hydrogens (tertiary/aromatic N) is 2. The lowest BCUT2D eigenvalue weighted by Crippen LogP contribution is -2.39. The van der Waals surface area contributed by atoms with E-state index in [4.69, 9.17) is 0 Å². The molecule has 0 radical (unpaired) electrons. The van der Waals surface area contributed by atoms with E-state index < -0.39 is 30.3 Å². The molecule has 138 valence electrons. The molecule has 26 heavy (non-hydrogen) atoms. The summed E-state index contributed by atoms with van der Waals surface area (Å²) < 4.78 is 0. The minimum atomic E-state index is -1.01. The molecular formula is C17H20N4O5. The van der Waals surface area contributed by atoms with E-state index in [0.29, 0.717) is 22.7 Å². The second-order valence-electron chi connectivity index (χ2n) is 5.79. The van der Waals surface area contributed by atoms with Crippen molar-refractivity contribution in [1.82, 2.24) is 9.80 Å². The molecule has 1 fully saturated rings. The van der Waals surface area contributed by atoms with Crippen molar-refractivity contribution < 1.29 is 24.0 Å². The van der Waals surface area contributed by atoms with Crippen molar-refractivity contribution >= 4 is 41.0 Å². The Morgan fingerprint density at radius 2 is 1.62 bits per heavy atom. The van der Waals surface area contributed by atoms with Crippen LogP contribution in [0.15, 0.2) is 24.3 Å². The highest BCUT2D eigenvalue weighted by atomic mass is 16.2. The zero-order valence-electron chi connectivity index (χ0n) is 14.6. The Labute approximate surface area is 150 Å². The van der Waals surface area contributed by atoms with Crippen LogP contribution in [0, 0.1) is 0 Å². The summed E-state index contributed by atoms with van der Waals surface area (Å²) in [6.07, 6.45) is 1.34. The number of benzene rings is 1. The Hall–Kier alpha value is -3.23. The molecular weight excluding hydrogens is 340 g/mol. The van der Waals surface area contributed by atoms with Gasteiger partial charge in [-0.25, -0.2) is 9.69 Å². The molecule has 9 nitrogen and oxygen atoms in total. The first-order valence-corrected chi connectivity index (χ1v) is 8.18. The van der Waals surface area contributed by atoms with Gasteiger partial charge in [0.25, 0.3) is 0 Å². The summed E-state index contributed by atoms with van der Waals surface area (Å²) in [6.45, 7) is 2.84. The van der Waals surface area contributed by atoms with Gasteiger partial charge in [-0.1, -0.05) is 19.4 Å². The predicted molar refractivity (Wildman–Crippen MR) is 93.1 cm³/mol. The maximum absolute atomic E-state index is 12.2. The largest absolute Gasteiger partial charge is 0.334 e. The van der Waals surface area contributed by atoms with Crippen LogP contribution in [0.5, 0.6) is 0 Å². The van der Waals surface area contributed by atoms with Crippen molar-refractivity contribution in [1.29, 1.82) is 0 Å². The minimum absolute atomic E-state index is 0.150. The normalized spacial score (nSPS) is 14.0. The number of rotatable bonds is 7. The Morgan fingerprint density at radius 3 is 2.23 bits per heavy atom. The number of hydrogen-bond acceptors (Lipinski definition) is 5. The van der Waals surface area contributed by atoms with Gasteiger partial charge in [-0.3, -0.25) is 24.1 Å². The van der Waals surface area contributed by atoms with Crippen molar-refractivity contribution in [2.45, 2.75) is 26.7 Å². The molecule has 0 spiro atoms. The molecule has 0 bridgehead atoms. The van der Waals surface area contributed by atoms with Crippen LogP contribution in [0.3, 0.4) is 0 Å². The van der Waals surface area contributed by atoms with Gasteiger partial charge < -0.3 is 10.6 Å². The Morgan fingerprint density at radius 1 is 1.00 bits per heavy atom. The first-order valence-electron chi connectivity index (χ1n) is 8.18. The quantitative estimate of drug-likeness (QED) is 0.559. The van der Waals surface area contributed by atoms with E-state index in [9.17, 15) is 24.0 Å². The number of nitrogens with one attached hydrogen (secondary N) is 2. The van der Waals surface area contributed by atoms with Crippen molar-refractivity contribution in [2.75, 3.05) is 23.7 Å². The van der Waals surface area contributed by atoms with Gasteiger partial charge in [0.05, 0.1) is 0 Å². The second kappa shape index (κ2) is 8.24. The number of urea groups is 1. The molecule has 1 aliphatic rings. The molecule has 1 aromatic carbocycles. The number of hydrogen-bond donors (Lipinski definition) is 2. The van der Waals surface area contributed by atoms with E-state index >= 15 is 0 Å². The summed E-state index contributed by atoms with van der Waals surface area (Å²) in [4.78, 5) is 60.7. The molecule has 1 saturated heterocycles. The average Bonchev–Trinajstić information content (AvgIpc) is 2.76. The topological polar surface area (TPSA) is 116 Å². The van der Waals surface area contributed by atoms with E-state index in [2.05, 4.69) is 10.6 Å². The van der Waals surface area contributed by atoms with E-state index in [0.717, 1.165) is 11.3 Å². The monoisotopic (exact) mass is 360 g/mol. The SMILES string of the molecule is CCCCN1C(=O)C(=O)N(CC(=O)Nc2cccc(NC(C)=O)c2)C1=O. The number of amides is 6. The highest BCUT2D eigenvalue weighted by Gasteiger charge is 2.44. The fourth-order valence-electron chi connectivity index (χ4n) is 2.43. The molecule has 6 amide bonds. The molecule has 1 aromatic rings. The number of carbonyl (C=O) groups excluding carboxylic acids is 5. The van der Waals surface area contributed by atoms with Gasteiger partial charge in [0.1, 0.15) is 6.54 Å². The zero-order valence-corrected chi connectivity index (χ0v) is 14.6. The maximum Gasteiger partial charge on any atom is 0.334 e. The van der Waals surface area contributed by atoms with Crippen LogP contribution in [-0.4, -0.2) is 52.5 Å². The Bertz CT molecular complexity index is 761. The van der Waals surface area contributed by atoms with E-state index in [-0.39, 0.29) is 12.5 Å². The van der Waals surface area contributed by atoms with Gasteiger partial charge in [-0.05, 0) is 24.6 Å². The van der Waals surface area contributed by atoms with Crippen molar-refractivity contribution in [2.24, 2.45) is 0 Å². The van der Waals surface area contributed by atoms with Gasteiger partial charge in [0.2, 0.25) is 11.8 Å². The van der Waals surface area contributed by atoms with Crippen LogP contribution >= 0.6 is 0 Å². The van der Waals surface area contributed by atoms with Gasteiger partial charge in [-0.2, -0.15) is 0 Å². The number of imide groups is 2. The van der Waals surface area contributed by atoms with Crippen LogP contribution in [0.1, 0.15) is 26.7 Å². The van der Waals surface area contributed by atoms with Crippen LogP contribution in [0.2, 0.25) is 0 Å². The van der Waals surface area contributed by atoms with Crippen LogP contribution in [0.25, 0.3) is 0 Å². The van der Waals surface area contributed by atoms with Crippen molar-refractivity contribution in [3.8, 4) is 0 Å². The van der Waals surface area contributed by atoms with Crippen LogP contribution in [-0.2, 0) is 19.2 Å². The third-order valence-corrected chi connectivity index (χ3v) is 3.64. The van der Waals surface area contributed by atoms with Gasteiger partial charge >= 0.3 is 17.8 Å². The fraction of sp³-hybridized carbons (Fsp3) is 0.353. The molecule has 1 heterocycles. The van der Waals surface area contributed by atoms with Crippen LogP contribution in [0.4, 0.5) is 16.2 Å². The highest BCUT2D eigenvalue weighted by molar-refractivity contribution is 6.45. The third-order valence-electron chi connectivity index (χ3n) is 3.64. The van der Waals surface area contributed by atoms with E-state index in [1.807, 2.05) is 6.92 Å². The first-order chi connectivity index (χ1) is 12.3. The molecule has 0 unspecified atom stereocenters. The Kier molecular flexibility index (Phi) is 6.05. The van der Waals surface area contributed by atoms with Gasteiger partial charge in [0, 0.05) is 24.8 Å². The molecule has 0 atom stereocenters. The van der Waals surface area contributed by atoms with Gasteiger partial charge in [0.15, 0.2) is 0 Å². The predicted octanol–water partition coefficient (Wildman–Crippen LogP) is 1.17. The number of anilines is 2. The lowest BCUT2D eigenvalue weighted by Gasteiger charge is -2.15. The highest BCUT2D eigenvalue weighted by Crippen LogP contribution is 2.16. The first kappa shape index (κ1) is 19.1. The van der Waals surface area contributed by atoms with Gasteiger partial charge in [-0.15, -0.1) is 0 Å². The second-order valence-corrected chi connectivity index (χ2v) is 5.79. The summed E-state index contributed by atoms with van der Waals surface area (Å²) in [5.74, 6) is -2.80. The number of unbranched alkanes of at least 4 members (excludes halogenated alkanes) is 1. The standard InChI is InChI=1S/C17H20N4O5/c1-3-4-8-20-15(24)16(25)21(17(20)26)10-14(23)19-13-7-5-6-12(9-13)18-11(2)22/h5-7,9H,3-4,8,10H2,1-2H3,(H,18,22)(H,19,23). The molecule has 0 aliphatic carbocycles. The Balaban J connectivity index is 2.01. The number of carbonyl (C=O) groups is 5.